The second-order valence-corrected chi connectivity index (χ2v) is 5.83. The van der Waals surface area contributed by atoms with E-state index >= 15 is 0 Å². The van der Waals surface area contributed by atoms with Crippen LogP contribution >= 0.6 is 0 Å². The molecule has 1 N–H and O–H groups in total. The minimum atomic E-state index is -0.920. The second kappa shape index (κ2) is 4.55. The van der Waals surface area contributed by atoms with Crippen LogP contribution < -0.4 is 0 Å². The molecule has 1 amide bonds. The summed E-state index contributed by atoms with van der Waals surface area (Å²) in [4.78, 5) is 24.1. The summed E-state index contributed by atoms with van der Waals surface area (Å²) < 4.78 is 5.37. The van der Waals surface area contributed by atoms with Gasteiger partial charge < -0.3 is 14.7 Å². The Balaban J connectivity index is 2.60. The number of ether oxygens (including phenoxy) is 1. The van der Waals surface area contributed by atoms with Crippen molar-refractivity contribution in [3.63, 3.8) is 0 Å². The molecular weight excluding hydrogens is 222 g/mol. The van der Waals surface area contributed by atoms with Gasteiger partial charge in [0.05, 0.1) is 5.41 Å². The molecule has 5 nitrogen and oxygen atoms in total. The van der Waals surface area contributed by atoms with Crippen LogP contribution in [-0.2, 0) is 9.53 Å². The molecular formula is C12H21NO4. The molecule has 1 heterocycles. The van der Waals surface area contributed by atoms with Gasteiger partial charge in [-0.25, -0.2) is 4.79 Å². The standard InChI is InChI=1S/C12H21NO4/c1-11(2,3)17-9(14)12(4)5-7-13(8-6-12)10(15)16/h5-8H2,1-4H3,(H,15,16). The lowest BCUT2D eigenvalue weighted by atomic mass is 9.80. The number of rotatable bonds is 1. The Labute approximate surface area is 102 Å². The Kier molecular flexibility index (Phi) is 3.69. The summed E-state index contributed by atoms with van der Waals surface area (Å²) >= 11 is 0. The number of piperidine rings is 1. The van der Waals surface area contributed by atoms with E-state index in [2.05, 4.69) is 0 Å². The molecule has 0 aromatic rings. The lowest BCUT2D eigenvalue weighted by Crippen LogP contribution is -2.46. The zero-order valence-corrected chi connectivity index (χ0v) is 10.9. The van der Waals surface area contributed by atoms with E-state index in [4.69, 9.17) is 9.84 Å². The Hall–Kier alpha value is -1.26. The molecule has 1 aliphatic rings. The van der Waals surface area contributed by atoms with Gasteiger partial charge in [0.2, 0.25) is 0 Å². The smallest absolute Gasteiger partial charge is 0.407 e. The first kappa shape index (κ1) is 13.8. The van der Waals surface area contributed by atoms with Gasteiger partial charge >= 0.3 is 12.1 Å². The first-order valence-corrected chi connectivity index (χ1v) is 5.85. The summed E-state index contributed by atoms with van der Waals surface area (Å²) in [6.07, 6.45) is 0.124. The molecule has 0 bridgehead atoms. The van der Waals surface area contributed by atoms with Gasteiger partial charge in [0, 0.05) is 13.1 Å². The highest BCUT2D eigenvalue weighted by molar-refractivity contribution is 5.77. The fraction of sp³-hybridized carbons (Fsp3) is 0.833. The topological polar surface area (TPSA) is 66.8 Å². The summed E-state index contributed by atoms with van der Waals surface area (Å²) in [5.41, 5.74) is -1.05. The van der Waals surface area contributed by atoms with Gasteiger partial charge in [-0.1, -0.05) is 0 Å². The molecule has 1 rings (SSSR count). The Morgan fingerprint density at radius 2 is 1.71 bits per heavy atom. The van der Waals surface area contributed by atoms with Crippen molar-refractivity contribution in [3.05, 3.63) is 0 Å². The molecule has 0 aliphatic carbocycles. The average Bonchev–Trinajstić information content (AvgIpc) is 2.15. The number of hydrogen-bond donors (Lipinski definition) is 1. The molecule has 5 heteroatoms. The number of nitrogens with zero attached hydrogens (tertiary/aromatic N) is 1. The van der Waals surface area contributed by atoms with Gasteiger partial charge in [0.15, 0.2) is 0 Å². The third kappa shape index (κ3) is 3.61. The van der Waals surface area contributed by atoms with E-state index in [9.17, 15) is 9.59 Å². The van der Waals surface area contributed by atoms with E-state index in [1.54, 1.807) is 0 Å². The number of carboxylic acid groups (broad SMARTS) is 1. The van der Waals surface area contributed by atoms with Crippen LogP contribution in [0.25, 0.3) is 0 Å². The van der Waals surface area contributed by atoms with Crippen LogP contribution in [0.15, 0.2) is 0 Å². The van der Waals surface area contributed by atoms with E-state index in [-0.39, 0.29) is 5.97 Å². The Morgan fingerprint density at radius 1 is 1.24 bits per heavy atom. The summed E-state index contributed by atoms with van der Waals surface area (Å²) in [6.45, 7) is 8.14. The zero-order valence-electron chi connectivity index (χ0n) is 10.9. The number of carbonyl (C=O) groups is 2. The van der Waals surface area contributed by atoms with E-state index in [0.29, 0.717) is 25.9 Å². The molecule has 1 aliphatic heterocycles. The van der Waals surface area contributed by atoms with Gasteiger partial charge in [-0.05, 0) is 40.5 Å². The van der Waals surface area contributed by atoms with Crippen LogP contribution in [0.1, 0.15) is 40.5 Å². The molecule has 17 heavy (non-hydrogen) atoms. The van der Waals surface area contributed by atoms with Crippen LogP contribution in [0.3, 0.4) is 0 Å². The van der Waals surface area contributed by atoms with Crippen LogP contribution in [-0.4, -0.2) is 40.8 Å². The van der Waals surface area contributed by atoms with Gasteiger partial charge in [-0.3, -0.25) is 4.79 Å². The number of hydrogen-bond acceptors (Lipinski definition) is 3. The maximum atomic E-state index is 12.0. The highest BCUT2D eigenvalue weighted by atomic mass is 16.6. The summed E-state index contributed by atoms with van der Waals surface area (Å²) in [5, 5.41) is 8.84. The fourth-order valence-electron chi connectivity index (χ4n) is 1.80. The van der Waals surface area contributed by atoms with E-state index < -0.39 is 17.1 Å². The number of esters is 1. The van der Waals surface area contributed by atoms with Crippen LogP contribution in [0, 0.1) is 5.41 Å². The van der Waals surface area contributed by atoms with Crippen molar-refractivity contribution in [3.8, 4) is 0 Å². The Morgan fingerprint density at radius 3 is 2.06 bits per heavy atom. The summed E-state index contributed by atoms with van der Waals surface area (Å²) in [5.74, 6) is -0.227. The van der Waals surface area contributed by atoms with Crippen molar-refractivity contribution in [2.45, 2.75) is 46.1 Å². The molecule has 0 unspecified atom stereocenters. The minimum Gasteiger partial charge on any atom is -0.465 e. The predicted molar refractivity (Wildman–Crippen MR) is 62.8 cm³/mol. The fourth-order valence-corrected chi connectivity index (χ4v) is 1.80. The van der Waals surface area contributed by atoms with Gasteiger partial charge in [0.1, 0.15) is 5.60 Å². The normalized spacial score (nSPS) is 19.9. The third-order valence-corrected chi connectivity index (χ3v) is 3.03. The third-order valence-electron chi connectivity index (χ3n) is 3.03. The second-order valence-electron chi connectivity index (χ2n) is 5.83. The largest absolute Gasteiger partial charge is 0.465 e. The molecule has 0 spiro atoms. The van der Waals surface area contributed by atoms with E-state index in [1.807, 2.05) is 27.7 Å². The van der Waals surface area contributed by atoms with Crippen LogP contribution in [0.2, 0.25) is 0 Å². The SMILES string of the molecule is CC(C)(C)OC(=O)C1(C)CCN(C(=O)O)CC1. The molecule has 0 saturated carbocycles. The summed E-state index contributed by atoms with van der Waals surface area (Å²) in [7, 11) is 0. The molecule has 1 fully saturated rings. The van der Waals surface area contributed by atoms with Gasteiger partial charge in [-0.15, -0.1) is 0 Å². The number of likely N-dealkylation sites (tertiary alicyclic amines) is 1. The van der Waals surface area contributed by atoms with Gasteiger partial charge in [-0.2, -0.15) is 0 Å². The van der Waals surface area contributed by atoms with E-state index in [1.165, 1.54) is 4.90 Å². The van der Waals surface area contributed by atoms with Crippen molar-refractivity contribution in [2.24, 2.45) is 5.41 Å². The predicted octanol–water partition coefficient (Wildman–Crippen LogP) is 2.11. The van der Waals surface area contributed by atoms with Crippen molar-refractivity contribution in [2.75, 3.05) is 13.1 Å². The quantitative estimate of drug-likeness (QED) is 0.716. The maximum absolute atomic E-state index is 12.0. The van der Waals surface area contributed by atoms with Crippen molar-refractivity contribution < 1.29 is 19.4 Å². The monoisotopic (exact) mass is 243 g/mol. The first-order valence-electron chi connectivity index (χ1n) is 5.85. The van der Waals surface area contributed by atoms with Crippen molar-refractivity contribution in [1.29, 1.82) is 0 Å². The highest BCUT2D eigenvalue weighted by Crippen LogP contribution is 2.33. The minimum absolute atomic E-state index is 0.227. The molecule has 0 radical (unpaired) electrons. The number of carbonyl (C=O) groups excluding carboxylic acids is 1. The average molecular weight is 243 g/mol. The maximum Gasteiger partial charge on any atom is 0.407 e. The highest BCUT2D eigenvalue weighted by Gasteiger charge is 2.40. The Bertz CT molecular complexity index is 311. The molecule has 0 aromatic heterocycles. The van der Waals surface area contributed by atoms with Crippen LogP contribution in [0.5, 0.6) is 0 Å². The summed E-state index contributed by atoms with van der Waals surface area (Å²) in [6, 6.07) is 0. The molecule has 0 aromatic carbocycles. The van der Waals surface area contributed by atoms with Crippen molar-refractivity contribution in [1.82, 2.24) is 4.90 Å². The van der Waals surface area contributed by atoms with Crippen LogP contribution in [0.4, 0.5) is 4.79 Å². The molecule has 98 valence electrons. The lowest BCUT2D eigenvalue weighted by Gasteiger charge is -2.37. The number of amides is 1. The van der Waals surface area contributed by atoms with Crippen molar-refractivity contribution >= 4 is 12.1 Å². The lowest BCUT2D eigenvalue weighted by molar-refractivity contribution is -0.169. The molecule has 1 saturated heterocycles. The zero-order chi connectivity index (χ0) is 13.3. The van der Waals surface area contributed by atoms with E-state index in [0.717, 1.165) is 0 Å². The van der Waals surface area contributed by atoms with Gasteiger partial charge in [0.25, 0.3) is 0 Å². The molecule has 0 atom stereocenters. The first-order chi connectivity index (χ1) is 7.64.